The van der Waals surface area contributed by atoms with E-state index in [0.29, 0.717) is 30.7 Å². The van der Waals surface area contributed by atoms with Crippen LogP contribution >= 0.6 is 11.8 Å². The summed E-state index contributed by atoms with van der Waals surface area (Å²) in [7, 11) is 1.86. The van der Waals surface area contributed by atoms with Crippen molar-refractivity contribution in [3.63, 3.8) is 0 Å². The molecule has 0 aliphatic carbocycles. The summed E-state index contributed by atoms with van der Waals surface area (Å²) in [4.78, 5) is 16.9. The number of aliphatic hydroxyl groups is 2. The average Bonchev–Trinajstić information content (AvgIpc) is 3.26. The van der Waals surface area contributed by atoms with Gasteiger partial charge in [-0.2, -0.15) is 0 Å². The number of rotatable bonds is 7. The minimum atomic E-state index is 0.0953. The molecule has 1 amide bonds. The van der Waals surface area contributed by atoms with Gasteiger partial charge in [0.1, 0.15) is 6.33 Å². The molecule has 26 heavy (non-hydrogen) atoms. The summed E-state index contributed by atoms with van der Waals surface area (Å²) in [5.41, 5.74) is 0. The maximum Gasteiger partial charge on any atom is 0.233 e. The second kappa shape index (κ2) is 9.16. The number of thioether (sulfide) groups is 1. The number of piperidine rings is 1. The van der Waals surface area contributed by atoms with Crippen LogP contribution in [0.2, 0.25) is 0 Å². The van der Waals surface area contributed by atoms with Crippen LogP contribution < -0.4 is 0 Å². The van der Waals surface area contributed by atoms with Crippen LogP contribution in [0.15, 0.2) is 11.5 Å². The number of carbonyl (C=O) groups excluding carboxylic acids is 1. The number of aryl methyl sites for hydroxylation is 1. The van der Waals surface area contributed by atoms with Gasteiger partial charge < -0.3 is 24.6 Å². The Morgan fingerprint density at radius 3 is 2.58 bits per heavy atom. The minimum absolute atomic E-state index is 0.0953. The highest BCUT2D eigenvalue weighted by Gasteiger charge is 2.36. The smallest absolute Gasteiger partial charge is 0.233 e. The molecule has 146 valence electrons. The van der Waals surface area contributed by atoms with Crippen molar-refractivity contribution in [2.45, 2.75) is 18.0 Å². The molecule has 0 unspecified atom stereocenters. The summed E-state index contributed by atoms with van der Waals surface area (Å²) in [5.74, 6) is 1.33. The molecule has 1 aromatic heterocycles. The van der Waals surface area contributed by atoms with E-state index in [4.69, 9.17) is 0 Å². The first-order valence-electron chi connectivity index (χ1n) is 9.29. The summed E-state index contributed by atoms with van der Waals surface area (Å²) in [5, 5.41) is 27.6. The Morgan fingerprint density at radius 2 is 1.96 bits per heavy atom. The number of hydrogen-bond donors (Lipinski definition) is 2. The number of hydrogen-bond acceptors (Lipinski definition) is 7. The number of carbonyl (C=O) groups is 1. The zero-order valence-corrected chi connectivity index (χ0v) is 16.1. The third-order valence-electron chi connectivity index (χ3n) is 5.62. The molecule has 0 saturated carbocycles. The molecule has 3 rings (SSSR count). The van der Waals surface area contributed by atoms with E-state index in [-0.39, 0.29) is 25.0 Å². The Bertz CT molecular complexity index is 591. The van der Waals surface area contributed by atoms with Gasteiger partial charge in [0.05, 0.1) is 5.75 Å². The highest BCUT2D eigenvalue weighted by Crippen LogP contribution is 2.27. The van der Waals surface area contributed by atoms with Gasteiger partial charge in [-0.1, -0.05) is 11.8 Å². The molecule has 2 aliphatic heterocycles. The van der Waals surface area contributed by atoms with Crippen LogP contribution in [0.5, 0.6) is 0 Å². The van der Waals surface area contributed by atoms with E-state index < -0.39 is 0 Å². The fourth-order valence-electron chi connectivity index (χ4n) is 3.86. The lowest BCUT2D eigenvalue weighted by atomic mass is 9.93. The normalized spacial score (nSPS) is 25.1. The quantitative estimate of drug-likeness (QED) is 0.623. The standard InChI is InChI=1S/C17H29N5O3S/c1-20-12-18-19-17(20)26-11-16(25)22-7-14(15(8-22)10-24)6-21-4-2-13(9-23)3-5-21/h12-15,23-24H,2-11H2,1H3/t14-,15-/m1/s1. The molecular weight excluding hydrogens is 354 g/mol. The van der Waals surface area contributed by atoms with E-state index in [1.807, 2.05) is 11.9 Å². The van der Waals surface area contributed by atoms with Crippen molar-refractivity contribution in [3.8, 4) is 0 Å². The largest absolute Gasteiger partial charge is 0.396 e. The van der Waals surface area contributed by atoms with Gasteiger partial charge in [-0.25, -0.2) is 0 Å². The predicted octanol–water partition coefficient (Wildman–Crippen LogP) is -0.322. The molecule has 0 bridgehead atoms. The molecule has 2 atom stereocenters. The summed E-state index contributed by atoms with van der Waals surface area (Å²) >= 11 is 1.40. The first-order valence-corrected chi connectivity index (χ1v) is 10.3. The van der Waals surface area contributed by atoms with Gasteiger partial charge in [0, 0.05) is 45.8 Å². The molecule has 2 N–H and O–H groups in total. The van der Waals surface area contributed by atoms with Gasteiger partial charge in [-0.05, 0) is 37.8 Å². The first-order chi connectivity index (χ1) is 12.6. The van der Waals surface area contributed by atoms with Crippen LogP contribution in [0.25, 0.3) is 0 Å². The fourth-order valence-corrected chi connectivity index (χ4v) is 4.65. The highest BCUT2D eigenvalue weighted by atomic mass is 32.2. The third-order valence-corrected chi connectivity index (χ3v) is 6.64. The van der Waals surface area contributed by atoms with Gasteiger partial charge in [-0.15, -0.1) is 10.2 Å². The zero-order valence-electron chi connectivity index (χ0n) is 15.3. The number of aliphatic hydroxyl groups excluding tert-OH is 2. The lowest BCUT2D eigenvalue weighted by molar-refractivity contribution is -0.127. The van der Waals surface area contributed by atoms with Crippen molar-refractivity contribution < 1.29 is 15.0 Å². The highest BCUT2D eigenvalue weighted by molar-refractivity contribution is 7.99. The minimum Gasteiger partial charge on any atom is -0.396 e. The van der Waals surface area contributed by atoms with Crippen molar-refractivity contribution in [1.82, 2.24) is 24.6 Å². The summed E-state index contributed by atoms with van der Waals surface area (Å²) in [6, 6.07) is 0. The van der Waals surface area contributed by atoms with Gasteiger partial charge >= 0.3 is 0 Å². The van der Waals surface area contributed by atoms with E-state index in [2.05, 4.69) is 15.1 Å². The Labute approximate surface area is 158 Å². The molecule has 2 fully saturated rings. The molecular formula is C17H29N5O3S. The molecule has 9 heteroatoms. The first kappa shape index (κ1) is 19.6. The van der Waals surface area contributed by atoms with Crippen LogP contribution in [0, 0.1) is 17.8 Å². The summed E-state index contributed by atoms with van der Waals surface area (Å²) < 4.78 is 1.80. The summed E-state index contributed by atoms with van der Waals surface area (Å²) in [6.07, 6.45) is 3.69. The number of likely N-dealkylation sites (tertiary alicyclic amines) is 2. The Kier molecular flexibility index (Phi) is 6.91. The van der Waals surface area contributed by atoms with Crippen LogP contribution in [0.4, 0.5) is 0 Å². The molecule has 0 aromatic carbocycles. The monoisotopic (exact) mass is 383 g/mol. The lowest BCUT2D eigenvalue weighted by Gasteiger charge is -2.33. The number of aromatic nitrogens is 3. The average molecular weight is 384 g/mol. The maximum absolute atomic E-state index is 12.6. The van der Waals surface area contributed by atoms with Gasteiger partial charge in [0.25, 0.3) is 0 Å². The molecule has 8 nitrogen and oxygen atoms in total. The fraction of sp³-hybridized carbons (Fsp3) is 0.824. The van der Waals surface area contributed by atoms with Gasteiger partial charge in [0.15, 0.2) is 5.16 Å². The van der Waals surface area contributed by atoms with Crippen LogP contribution in [0.3, 0.4) is 0 Å². The molecule has 0 spiro atoms. The van der Waals surface area contributed by atoms with Gasteiger partial charge in [-0.3, -0.25) is 4.79 Å². The van der Waals surface area contributed by atoms with Crippen molar-refractivity contribution in [2.75, 3.05) is 51.7 Å². The van der Waals surface area contributed by atoms with Crippen LogP contribution in [-0.2, 0) is 11.8 Å². The molecule has 2 aliphatic rings. The van der Waals surface area contributed by atoms with Crippen molar-refractivity contribution >= 4 is 17.7 Å². The number of amides is 1. The second-order valence-electron chi connectivity index (χ2n) is 7.44. The lowest BCUT2D eigenvalue weighted by Crippen LogP contribution is -2.40. The van der Waals surface area contributed by atoms with E-state index >= 15 is 0 Å². The SMILES string of the molecule is Cn1cnnc1SCC(=O)N1C[C@@H](CN2CCC(CO)CC2)[C@@H](CO)C1. The Morgan fingerprint density at radius 1 is 1.23 bits per heavy atom. The third kappa shape index (κ3) is 4.76. The Hall–Kier alpha value is -1.16. The molecule has 2 saturated heterocycles. The molecule has 0 radical (unpaired) electrons. The van der Waals surface area contributed by atoms with Crippen LogP contribution in [0.1, 0.15) is 12.8 Å². The van der Waals surface area contributed by atoms with E-state index in [1.165, 1.54) is 11.8 Å². The zero-order chi connectivity index (χ0) is 18.5. The topological polar surface area (TPSA) is 94.7 Å². The predicted molar refractivity (Wildman–Crippen MR) is 98.6 cm³/mol. The van der Waals surface area contributed by atoms with E-state index in [0.717, 1.165) is 37.6 Å². The van der Waals surface area contributed by atoms with Crippen LogP contribution in [-0.4, -0.2) is 92.4 Å². The van der Waals surface area contributed by atoms with Gasteiger partial charge in [0.2, 0.25) is 5.91 Å². The van der Waals surface area contributed by atoms with Crippen molar-refractivity contribution in [2.24, 2.45) is 24.8 Å². The van der Waals surface area contributed by atoms with E-state index in [1.54, 1.807) is 10.9 Å². The maximum atomic E-state index is 12.6. The van der Waals surface area contributed by atoms with E-state index in [9.17, 15) is 15.0 Å². The summed E-state index contributed by atoms with van der Waals surface area (Å²) in [6.45, 7) is 4.66. The molecule has 1 aromatic rings. The molecule has 3 heterocycles. The number of nitrogens with zero attached hydrogens (tertiary/aromatic N) is 5. The van der Waals surface area contributed by atoms with Crippen molar-refractivity contribution in [1.29, 1.82) is 0 Å². The second-order valence-corrected chi connectivity index (χ2v) is 8.38. The Balaban J connectivity index is 1.48. The van der Waals surface area contributed by atoms with Crippen molar-refractivity contribution in [3.05, 3.63) is 6.33 Å².